The first-order valence-corrected chi connectivity index (χ1v) is 11.3. The molecular weight excluding hydrogens is 454 g/mol. The van der Waals surface area contributed by atoms with Gasteiger partial charge in [-0.05, 0) is 48.5 Å². The van der Waals surface area contributed by atoms with E-state index in [0.717, 1.165) is 9.79 Å². The highest BCUT2D eigenvalue weighted by molar-refractivity contribution is 7.99. The third kappa shape index (κ3) is 7.13. The van der Waals surface area contributed by atoms with Gasteiger partial charge in [-0.1, -0.05) is 47.2 Å². The number of hydrogen-bond donors (Lipinski definition) is 1. The number of rotatable bonds is 10. The maximum Gasteiger partial charge on any atom is 0.338 e. The number of ketones is 1. The van der Waals surface area contributed by atoms with Gasteiger partial charge in [0.05, 0.1) is 12.2 Å². The minimum atomic E-state index is -0.614. The predicted molar refractivity (Wildman–Crippen MR) is 128 cm³/mol. The number of nitrogens with zero attached hydrogens (tertiary/aromatic N) is 1. The highest BCUT2D eigenvalue weighted by atomic mass is 32.2. The van der Waals surface area contributed by atoms with E-state index in [-0.39, 0.29) is 24.7 Å². The lowest BCUT2D eigenvalue weighted by Gasteiger charge is -2.07. The maximum atomic E-state index is 13.0. The van der Waals surface area contributed by atoms with Crippen LogP contribution in [0.1, 0.15) is 39.6 Å². The molecule has 0 heterocycles. The van der Waals surface area contributed by atoms with Crippen LogP contribution < -0.4 is 0 Å². The third-order valence-corrected chi connectivity index (χ3v) is 5.52. The molecule has 0 atom stereocenters. The molecule has 0 bridgehead atoms. The molecule has 0 aliphatic heterocycles. The molecule has 8 heteroatoms. The van der Waals surface area contributed by atoms with Gasteiger partial charge in [0.1, 0.15) is 0 Å². The molecule has 0 unspecified atom stereocenters. The van der Waals surface area contributed by atoms with Crippen LogP contribution in [-0.2, 0) is 14.4 Å². The van der Waals surface area contributed by atoms with Crippen LogP contribution in [-0.4, -0.2) is 41.8 Å². The molecule has 0 aliphatic rings. The number of oxime groups is 1. The average molecular weight is 478 g/mol. The Bertz CT molecular complexity index is 1160. The molecule has 0 amide bonds. The van der Waals surface area contributed by atoms with Gasteiger partial charge in [-0.2, -0.15) is 0 Å². The maximum absolute atomic E-state index is 13.0. The van der Waals surface area contributed by atoms with Crippen molar-refractivity contribution >= 4 is 35.2 Å². The first kappa shape index (κ1) is 24.9. The van der Waals surface area contributed by atoms with Gasteiger partial charge in [-0.3, -0.25) is 4.79 Å². The Balaban J connectivity index is 1.69. The normalized spacial score (nSPS) is 11.1. The molecule has 3 aromatic rings. The van der Waals surface area contributed by atoms with Crippen molar-refractivity contribution in [3.8, 4) is 0 Å². The smallest absolute Gasteiger partial charge is 0.338 e. The Morgan fingerprint density at radius 3 is 1.97 bits per heavy atom. The third-order valence-electron chi connectivity index (χ3n) is 4.51. The van der Waals surface area contributed by atoms with Crippen LogP contribution in [0.2, 0.25) is 0 Å². The number of benzene rings is 3. The largest absolute Gasteiger partial charge is 0.462 e. The Morgan fingerprint density at radius 2 is 1.41 bits per heavy atom. The van der Waals surface area contributed by atoms with E-state index in [0.29, 0.717) is 23.1 Å². The molecule has 0 saturated carbocycles. The van der Waals surface area contributed by atoms with E-state index >= 15 is 0 Å². The van der Waals surface area contributed by atoms with E-state index in [2.05, 4.69) is 5.16 Å². The van der Waals surface area contributed by atoms with Crippen molar-refractivity contribution in [2.75, 3.05) is 13.2 Å². The van der Waals surface area contributed by atoms with E-state index in [1.165, 1.54) is 18.7 Å². The lowest BCUT2D eigenvalue weighted by atomic mass is 10.0. The summed E-state index contributed by atoms with van der Waals surface area (Å²) in [6, 6.07) is 22.8. The molecule has 1 N–H and O–H groups in total. The molecule has 0 saturated heterocycles. The Kier molecular flexibility index (Phi) is 9.13. The SMILES string of the molecule is CC(=O)O/N=C(/C(=O)c1ccc(Sc2ccc(C(=O)OCCCO)cc2)cc1)c1ccccc1. The summed E-state index contributed by atoms with van der Waals surface area (Å²) in [5, 5.41) is 12.5. The second-order valence-corrected chi connectivity index (χ2v) is 8.23. The van der Waals surface area contributed by atoms with Crippen LogP contribution in [0.3, 0.4) is 0 Å². The Hall–Kier alpha value is -3.75. The Morgan fingerprint density at radius 1 is 0.824 bits per heavy atom. The van der Waals surface area contributed by atoms with Gasteiger partial charge in [0, 0.05) is 40.9 Å². The lowest BCUT2D eigenvalue weighted by molar-refractivity contribution is -0.140. The average Bonchev–Trinajstić information content (AvgIpc) is 2.85. The van der Waals surface area contributed by atoms with Crippen LogP contribution in [0, 0.1) is 0 Å². The summed E-state index contributed by atoms with van der Waals surface area (Å²) in [5.41, 5.74) is 1.42. The summed E-state index contributed by atoms with van der Waals surface area (Å²) < 4.78 is 5.07. The van der Waals surface area contributed by atoms with Crippen molar-refractivity contribution < 1.29 is 29.1 Å². The van der Waals surface area contributed by atoms with Gasteiger partial charge in [0.15, 0.2) is 5.71 Å². The molecule has 0 fully saturated rings. The summed E-state index contributed by atoms with van der Waals surface area (Å²) in [4.78, 5) is 42.7. The molecule has 0 aromatic heterocycles. The van der Waals surface area contributed by atoms with E-state index in [1.807, 2.05) is 30.3 Å². The van der Waals surface area contributed by atoms with E-state index < -0.39 is 11.9 Å². The number of Topliss-reactive ketones (excluding diaryl/α,β-unsaturated/α-hetero) is 1. The van der Waals surface area contributed by atoms with Crippen LogP contribution >= 0.6 is 11.8 Å². The number of ether oxygens (including phenoxy) is 1. The predicted octanol–water partition coefficient (Wildman–Crippen LogP) is 4.53. The molecule has 0 aliphatic carbocycles. The molecule has 0 radical (unpaired) electrons. The second-order valence-electron chi connectivity index (χ2n) is 7.08. The zero-order valence-electron chi connectivity index (χ0n) is 18.5. The zero-order valence-corrected chi connectivity index (χ0v) is 19.3. The van der Waals surface area contributed by atoms with Crippen LogP contribution in [0.25, 0.3) is 0 Å². The van der Waals surface area contributed by atoms with Gasteiger partial charge >= 0.3 is 11.9 Å². The Labute approximate surface area is 201 Å². The van der Waals surface area contributed by atoms with Gasteiger partial charge in [-0.25, -0.2) is 9.59 Å². The summed E-state index contributed by atoms with van der Waals surface area (Å²) in [6.07, 6.45) is 0.403. The van der Waals surface area contributed by atoms with Crippen LogP contribution in [0.4, 0.5) is 0 Å². The highest BCUT2D eigenvalue weighted by Crippen LogP contribution is 2.28. The number of carbonyl (C=O) groups excluding carboxylic acids is 3. The number of carbonyl (C=O) groups is 3. The highest BCUT2D eigenvalue weighted by Gasteiger charge is 2.18. The lowest BCUT2D eigenvalue weighted by Crippen LogP contribution is -2.17. The first-order chi connectivity index (χ1) is 16.5. The molecule has 3 rings (SSSR count). The molecule has 34 heavy (non-hydrogen) atoms. The second kappa shape index (κ2) is 12.5. The molecule has 174 valence electrons. The zero-order chi connectivity index (χ0) is 24.3. The number of esters is 1. The summed E-state index contributed by atoms with van der Waals surface area (Å²) in [5.74, 6) is -1.41. The summed E-state index contributed by atoms with van der Waals surface area (Å²) in [7, 11) is 0. The summed E-state index contributed by atoms with van der Waals surface area (Å²) >= 11 is 1.47. The molecular formula is C26H23NO6S. The van der Waals surface area contributed by atoms with Crippen molar-refractivity contribution in [1.82, 2.24) is 0 Å². The number of aliphatic hydroxyl groups is 1. The van der Waals surface area contributed by atoms with E-state index in [4.69, 9.17) is 14.7 Å². The van der Waals surface area contributed by atoms with Gasteiger partial charge in [0.25, 0.3) is 0 Å². The minimum Gasteiger partial charge on any atom is -0.462 e. The van der Waals surface area contributed by atoms with Crippen molar-refractivity contribution in [2.24, 2.45) is 5.16 Å². The number of aliphatic hydroxyl groups excluding tert-OH is 1. The molecule has 3 aromatic carbocycles. The number of hydrogen-bond acceptors (Lipinski definition) is 8. The standard InChI is InChI=1S/C26H23NO6S/c1-18(29)33-27-24(19-6-3-2-4-7-19)25(30)20-8-12-22(13-9-20)34-23-14-10-21(11-15-23)26(31)32-17-5-16-28/h2-4,6-15,28H,5,16-17H2,1H3/b27-24+. The van der Waals surface area contributed by atoms with Gasteiger partial charge in [0.2, 0.25) is 5.78 Å². The van der Waals surface area contributed by atoms with Crippen molar-refractivity contribution in [2.45, 2.75) is 23.1 Å². The van der Waals surface area contributed by atoms with Crippen molar-refractivity contribution in [3.05, 3.63) is 95.6 Å². The van der Waals surface area contributed by atoms with Crippen molar-refractivity contribution in [1.29, 1.82) is 0 Å². The molecule has 7 nitrogen and oxygen atoms in total. The van der Waals surface area contributed by atoms with Crippen LogP contribution in [0.5, 0.6) is 0 Å². The topological polar surface area (TPSA) is 102 Å². The quantitative estimate of drug-likeness (QED) is 0.114. The van der Waals surface area contributed by atoms with Gasteiger partial charge < -0.3 is 14.7 Å². The first-order valence-electron chi connectivity index (χ1n) is 10.5. The monoisotopic (exact) mass is 477 g/mol. The fourth-order valence-corrected chi connectivity index (χ4v) is 3.67. The van der Waals surface area contributed by atoms with Crippen molar-refractivity contribution in [3.63, 3.8) is 0 Å². The van der Waals surface area contributed by atoms with E-state index in [1.54, 1.807) is 48.5 Å². The summed E-state index contributed by atoms with van der Waals surface area (Å²) in [6.45, 7) is 1.36. The minimum absolute atomic E-state index is 0.0280. The van der Waals surface area contributed by atoms with Crippen LogP contribution in [0.15, 0.2) is 93.8 Å². The van der Waals surface area contributed by atoms with E-state index in [9.17, 15) is 14.4 Å². The molecule has 0 spiro atoms. The fraction of sp³-hybridized carbons (Fsp3) is 0.154. The van der Waals surface area contributed by atoms with Gasteiger partial charge in [-0.15, -0.1) is 0 Å². The fourth-order valence-electron chi connectivity index (χ4n) is 2.85.